The Labute approximate surface area is 130 Å². The summed E-state index contributed by atoms with van der Waals surface area (Å²) in [5, 5.41) is 2.95. The van der Waals surface area contributed by atoms with Gasteiger partial charge in [-0.3, -0.25) is 4.79 Å². The van der Waals surface area contributed by atoms with Gasteiger partial charge in [0.1, 0.15) is 0 Å². The number of ether oxygens (including phenoxy) is 3. The molecule has 0 radical (unpaired) electrons. The van der Waals surface area contributed by atoms with Crippen LogP contribution in [0, 0.1) is 0 Å². The zero-order chi connectivity index (χ0) is 15.8. The summed E-state index contributed by atoms with van der Waals surface area (Å²) >= 11 is 5.74. The van der Waals surface area contributed by atoms with E-state index in [4.69, 9.17) is 25.8 Å². The van der Waals surface area contributed by atoms with Crippen LogP contribution in [0.2, 0.25) is 0 Å². The molecule has 5 nitrogen and oxygen atoms in total. The van der Waals surface area contributed by atoms with Gasteiger partial charge in [0.25, 0.3) is 5.91 Å². The number of nitrogens with one attached hydrogen (secondary N) is 1. The van der Waals surface area contributed by atoms with Crippen LogP contribution in [-0.2, 0) is 0 Å². The van der Waals surface area contributed by atoms with E-state index in [2.05, 4.69) is 5.32 Å². The highest BCUT2D eigenvalue weighted by Crippen LogP contribution is 2.39. The smallest absolute Gasteiger partial charge is 0.255 e. The van der Waals surface area contributed by atoms with Crippen LogP contribution in [0.25, 0.3) is 0 Å². The molecule has 0 saturated carbocycles. The third-order valence-electron chi connectivity index (χ3n) is 3.23. The number of methoxy groups -OCH3 is 3. The quantitative estimate of drug-likeness (QED) is 0.749. The fraction of sp³-hybridized carbons (Fsp3) is 0.533. The summed E-state index contributed by atoms with van der Waals surface area (Å²) in [6.07, 6.45) is 1.54. The summed E-state index contributed by atoms with van der Waals surface area (Å²) < 4.78 is 15.8. The number of hydrogen-bond acceptors (Lipinski definition) is 4. The molecule has 1 N–H and O–H groups in total. The third-order valence-corrected chi connectivity index (χ3v) is 3.45. The van der Waals surface area contributed by atoms with Crippen LogP contribution < -0.4 is 19.5 Å². The van der Waals surface area contributed by atoms with Gasteiger partial charge in [0, 0.05) is 11.9 Å². The Morgan fingerprint density at radius 3 is 2.33 bits per heavy atom. The number of carbonyl (C=O) groups excluding carboxylic acids is 1. The van der Waals surface area contributed by atoms with Gasteiger partial charge >= 0.3 is 0 Å². The lowest BCUT2D eigenvalue weighted by Crippen LogP contribution is -2.34. The summed E-state index contributed by atoms with van der Waals surface area (Å²) in [5.74, 6) is 1.55. The van der Waals surface area contributed by atoms with Crippen molar-refractivity contribution >= 4 is 17.5 Å². The van der Waals surface area contributed by atoms with E-state index in [9.17, 15) is 4.79 Å². The van der Waals surface area contributed by atoms with Gasteiger partial charge in [-0.25, -0.2) is 0 Å². The van der Waals surface area contributed by atoms with Gasteiger partial charge in [-0.1, -0.05) is 6.92 Å². The molecule has 0 aromatic heterocycles. The number of hydrogen-bond donors (Lipinski definition) is 1. The predicted octanol–water partition coefficient (Wildman–Crippen LogP) is 2.85. The number of amides is 1. The standard InChI is InChI=1S/C15H22ClNO4/c1-5-10(8-9-16)17-15(18)11-6-7-12(19-2)14(21-4)13(11)20-3/h6-7,10H,5,8-9H2,1-4H3,(H,17,18). The van der Waals surface area contributed by atoms with Crippen molar-refractivity contribution in [2.45, 2.75) is 25.8 Å². The van der Waals surface area contributed by atoms with Crippen molar-refractivity contribution < 1.29 is 19.0 Å². The van der Waals surface area contributed by atoms with Crippen molar-refractivity contribution in [2.75, 3.05) is 27.2 Å². The topological polar surface area (TPSA) is 56.8 Å². The second-order valence-corrected chi connectivity index (χ2v) is 4.82. The number of halogens is 1. The van der Waals surface area contributed by atoms with Crippen LogP contribution in [0.5, 0.6) is 17.2 Å². The van der Waals surface area contributed by atoms with Crippen LogP contribution in [0.4, 0.5) is 0 Å². The maximum absolute atomic E-state index is 12.4. The monoisotopic (exact) mass is 315 g/mol. The number of rotatable bonds is 8. The minimum absolute atomic E-state index is 0.0350. The molecule has 0 fully saturated rings. The first-order chi connectivity index (χ1) is 10.1. The molecule has 0 aliphatic rings. The largest absolute Gasteiger partial charge is 0.493 e. The number of alkyl halides is 1. The molecule has 21 heavy (non-hydrogen) atoms. The SMILES string of the molecule is CCC(CCCl)NC(=O)c1ccc(OC)c(OC)c1OC. The molecule has 0 bridgehead atoms. The molecular formula is C15H22ClNO4. The lowest BCUT2D eigenvalue weighted by Gasteiger charge is -2.19. The third kappa shape index (κ3) is 4.17. The van der Waals surface area contributed by atoms with Crippen molar-refractivity contribution in [3.8, 4) is 17.2 Å². The average Bonchev–Trinajstić information content (AvgIpc) is 2.52. The molecule has 1 rings (SSSR count). The second kappa shape index (κ2) is 8.62. The van der Waals surface area contributed by atoms with E-state index in [1.165, 1.54) is 21.3 Å². The molecule has 0 aliphatic heterocycles. The number of benzene rings is 1. The maximum atomic E-state index is 12.4. The Hall–Kier alpha value is -1.62. The summed E-state index contributed by atoms with van der Waals surface area (Å²) in [6, 6.07) is 3.37. The molecule has 0 spiro atoms. The van der Waals surface area contributed by atoms with Crippen LogP contribution in [0.1, 0.15) is 30.1 Å². The lowest BCUT2D eigenvalue weighted by atomic mass is 10.1. The van der Waals surface area contributed by atoms with Crippen LogP contribution in [0.15, 0.2) is 12.1 Å². The molecule has 1 unspecified atom stereocenters. The molecule has 0 heterocycles. The molecule has 1 aromatic carbocycles. The fourth-order valence-corrected chi connectivity index (χ4v) is 2.32. The zero-order valence-corrected chi connectivity index (χ0v) is 13.6. The summed E-state index contributed by atoms with van der Waals surface area (Å²) in [6.45, 7) is 2.00. The van der Waals surface area contributed by atoms with Crippen molar-refractivity contribution in [2.24, 2.45) is 0 Å². The Morgan fingerprint density at radius 2 is 1.86 bits per heavy atom. The first-order valence-corrected chi connectivity index (χ1v) is 7.32. The molecule has 0 aliphatic carbocycles. The van der Waals surface area contributed by atoms with E-state index < -0.39 is 0 Å². The van der Waals surface area contributed by atoms with Gasteiger partial charge < -0.3 is 19.5 Å². The highest BCUT2D eigenvalue weighted by atomic mass is 35.5. The molecule has 1 aromatic rings. The Kier molecular flexibility index (Phi) is 7.15. The Bertz CT molecular complexity index is 479. The van der Waals surface area contributed by atoms with Crippen LogP contribution >= 0.6 is 11.6 Å². The molecule has 1 atom stereocenters. The molecule has 118 valence electrons. The highest BCUT2D eigenvalue weighted by Gasteiger charge is 2.21. The number of carbonyl (C=O) groups is 1. The first kappa shape index (κ1) is 17.4. The summed E-state index contributed by atoms with van der Waals surface area (Å²) in [5.41, 5.74) is 0.406. The van der Waals surface area contributed by atoms with Gasteiger partial charge in [-0.2, -0.15) is 0 Å². The summed E-state index contributed by atoms with van der Waals surface area (Å²) in [7, 11) is 4.53. The van der Waals surface area contributed by atoms with Gasteiger partial charge in [0.2, 0.25) is 5.75 Å². The van der Waals surface area contributed by atoms with Crippen molar-refractivity contribution in [3.05, 3.63) is 17.7 Å². The molecule has 0 saturated heterocycles. The van der Waals surface area contributed by atoms with E-state index in [-0.39, 0.29) is 11.9 Å². The van der Waals surface area contributed by atoms with Crippen molar-refractivity contribution in [1.29, 1.82) is 0 Å². The average molecular weight is 316 g/mol. The first-order valence-electron chi connectivity index (χ1n) is 6.78. The second-order valence-electron chi connectivity index (χ2n) is 4.44. The fourth-order valence-electron chi connectivity index (χ4n) is 2.05. The van der Waals surface area contributed by atoms with Crippen LogP contribution in [-0.4, -0.2) is 39.2 Å². The Balaban J connectivity index is 3.09. The Morgan fingerprint density at radius 1 is 1.19 bits per heavy atom. The maximum Gasteiger partial charge on any atom is 0.255 e. The molecule has 1 amide bonds. The molecule has 6 heteroatoms. The summed E-state index contributed by atoms with van der Waals surface area (Å²) in [4.78, 5) is 12.4. The van der Waals surface area contributed by atoms with E-state index in [0.29, 0.717) is 28.7 Å². The predicted molar refractivity (Wildman–Crippen MR) is 83.0 cm³/mol. The van der Waals surface area contributed by atoms with E-state index in [1.54, 1.807) is 12.1 Å². The van der Waals surface area contributed by atoms with E-state index in [0.717, 1.165) is 12.8 Å². The lowest BCUT2D eigenvalue weighted by molar-refractivity contribution is 0.0931. The van der Waals surface area contributed by atoms with Gasteiger partial charge in [0.15, 0.2) is 11.5 Å². The van der Waals surface area contributed by atoms with Crippen molar-refractivity contribution in [1.82, 2.24) is 5.32 Å². The molecular weight excluding hydrogens is 294 g/mol. The van der Waals surface area contributed by atoms with E-state index in [1.807, 2.05) is 6.92 Å². The minimum Gasteiger partial charge on any atom is -0.493 e. The highest BCUT2D eigenvalue weighted by molar-refractivity contribution is 6.17. The zero-order valence-electron chi connectivity index (χ0n) is 12.9. The normalized spacial score (nSPS) is 11.7. The van der Waals surface area contributed by atoms with Gasteiger partial charge in [-0.05, 0) is 25.0 Å². The van der Waals surface area contributed by atoms with Gasteiger partial charge in [0.05, 0.1) is 26.9 Å². The van der Waals surface area contributed by atoms with E-state index >= 15 is 0 Å². The minimum atomic E-state index is -0.218. The van der Waals surface area contributed by atoms with Crippen molar-refractivity contribution in [3.63, 3.8) is 0 Å². The van der Waals surface area contributed by atoms with Crippen LogP contribution in [0.3, 0.4) is 0 Å². The van der Waals surface area contributed by atoms with Gasteiger partial charge in [-0.15, -0.1) is 11.6 Å².